The molecule has 4 aliphatic rings. The summed E-state index contributed by atoms with van der Waals surface area (Å²) in [5, 5.41) is 4.27. The Kier molecular flexibility index (Phi) is 4.05. The van der Waals surface area contributed by atoms with Gasteiger partial charge in [0.1, 0.15) is 11.5 Å². The maximum absolute atomic E-state index is 13.7. The highest BCUT2D eigenvalue weighted by Crippen LogP contribution is 2.58. The van der Waals surface area contributed by atoms with Crippen LogP contribution in [0.5, 0.6) is 11.5 Å². The summed E-state index contributed by atoms with van der Waals surface area (Å²) in [4.78, 5) is 31.3. The molecule has 8 rings (SSSR count). The molecule has 4 aromatic rings. The number of fused-ring (bicyclic) bond motifs is 14. The molecule has 2 amide bonds. The van der Waals surface area contributed by atoms with Crippen molar-refractivity contribution in [3.05, 3.63) is 83.9 Å². The van der Waals surface area contributed by atoms with E-state index < -0.39 is 0 Å². The predicted octanol–water partition coefficient (Wildman–Crippen LogP) is 6.73. The fourth-order valence-corrected chi connectivity index (χ4v) is 7.18. The van der Waals surface area contributed by atoms with Crippen LogP contribution >= 0.6 is 0 Å². The minimum Gasteiger partial charge on any atom is -0.410 e. The average molecular weight is 477 g/mol. The Bertz CT molecular complexity index is 1480. The van der Waals surface area contributed by atoms with Crippen molar-refractivity contribution >= 4 is 33.7 Å². The number of rotatable bonds is 0. The molecular formula is C30H24N2O4. The van der Waals surface area contributed by atoms with Crippen molar-refractivity contribution in [1.82, 2.24) is 9.80 Å². The van der Waals surface area contributed by atoms with Gasteiger partial charge in [0, 0.05) is 11.1 Å². The second kappa shape index (κ2) is 7.23. The van der Waals surface area contributed by atoms with Gasteiger partial charge in [0.2, 0.25) is 0 Å². The Balaban J connectivity index is 1.48. The van der Waals surface area contributed by atoms with Crippen molar-refractivity contribution in [2.24, 2.45) is 0 Å². The summed E-state index contributed by atoms with van der Waals surface area (Å²) in [6.07, 6.45) is 3.09. The topological polar surface area (TPSA) is 59.1 Å². The molecule has 3 heterocycles. The van der Waals surface area contributed by atoms with E-state index in [-0.39, 0.29) is 36.4 Å². The van der Waals surface area contributed by atoms with Crippen LogP contribution in [0.1, 0.15) is 48.9 Å². The molecule has 36 heavy (non-hydrogen) atoms. The van der Waals surface area contributed by atoms with Gasteiger partial charge >= 0.3 is 12.2 Å². The molecule has 4 aromatic carbocycles. The zero-order chi connectivity index (χ0) is 24.0. The van der Waals surface area contributed by atoms with Crippen LogP contribution in [0.3, 0.4) is 0 Å². The molecule has 6 nitrogen and oxygen atoms in total. The van der Waals surface area contributed by atoms with Crippen LogP contribution in [0.25, 0.3) is 21.5 Å². The van der Waals surface area contributed by atoms with Crippen LogP contribution in [0.4, 0.5) is 9.59 Å². The second-order valence-corrected chi connectivity index (χ2v) is 10.3. The third-order valence-electron chi connectivity index (χ3n) is 8.58. The number of carbonyl (C=O) groups is 2. The van der Waals surface area contributed by atoms with Crippen molar-refractivity contribution in [2.75, 3.05) is 0 Å². The normalized spacial score (nSPS) is 26.3. The van der Waals surface area contributed by atoms with Gasteiger partial charge in [0.15, 0.2) is 0 Å². The smallest absolute Gasteiger partial charge is 0.410 e. The molecule has 0 N–H and O–H groups in total. The molecule has 0 bridgehead atoms. The van der Waals surface area contributed by atoms with E-state index in [1.54, 1.807) is 0 Å². The third kappa shape index (κ3) is 2.56. The van der Waals surface area contributed by atoms with Gasteiger partial charge < -0.3 is 9.47 Å². The quantitative estimate of drug-likeness (QED) is 0.282. The zero-order valence-electron chi connectivity index (χ0n) is 19.6. The van der Waals surface area contributed by atoms with Gasteiger partial charge in [0.05, 0.1) is 24.2 Å². The lowest BCUT2D eigenvalue weighted by Crippen LogP contribution is -2.67. The molecule has 6 heteroatoms. The third-order valence-corrected chi connectivity index (χ3v) is 8.58. The first-order valence-electron chi connectivity index (χ1n) is 12.7. The highest BCUT2D eigenvalue weighted by Gasteiger charge is 2.58. The predicted molar refractivity (Wildman–Crippen MR) is 135 cm³/mol. The molecule has 1 saturated carbocycles. The van der Waals surface area contributed by atoms with Crippen LogP contribution in [-0.2, 0) is 0 Å². The van der Waals surface area contributed by atoms with Gasteiger partial charge in [-0.1, -0.05) is 73.5 Å². The molecule has 3 aliphatic heterocycles. The fourth-order valence-electron chi connectivity index (χ4n) is 7.18. The Morgan fingerprint density at radius 2 is 1.03 bits per heavy atom. The Morgan fingerprint density at radius 3 is 1.50 bits per heavy atom. The molecule has 0 spiro atoms. The lowest BCUT2D eigenvalue weighted by Gasteiger charge is -2.59. The summed E-state index contributed by atoms with van der Waals surface area (Å²) < 4.78 is 12.0. The first-order valence-corrected chi connectivity index (χ1v) is 12.7. The monoisotopic (exact) mass is 476 g/mol. The van der Waals surface area contributed by atoms with Crippen LogP contribution in [0, 0.1) is 0 Å². The van der Waals surface area contributed by atoms with Gasteiger partial charge in [-0.15, -0.1) is 0 Å². The molecule has 0 unspecified atom stereocenters. The minimum atomic E-state index is -0.371. The Morgan fingerprint density at radius 1 is 0.583 bits per heavy atom. The molecule has 0 radical (unpaired) electrons. The SMILES string of the molecule is O=C1Oc2ccc3ccccc3c2[C@@H]2[C@@H]3c4c(ccc5ccccc45)OC(=O)N3[C@H]3CCCC[C@@H]3N12. The number of benzene rings is 4. The number of hydrogen-bond donors (Lipinski definition) is 0. The van der Waals surface area contributed by atoms with E-state index in [0.717, 1.165) is 58.4 Å². The highest BCUT2D eigenvalue weighted by atomic mass is 16.6. The minimum absolute atomic E-state index is 0.108. The molecule has 1 aliphatic carbocycles. The highest BCUT2D eigenvalue weighted by molar-refractivity contribution is 5.94. The maximum atomic E-state index is 13.7. The average Bonchev–Trinajstić information content (AvgIpc) is 2.92. The van der Waals surface area contributed by atoms with E-state index in [1.807, 2.05) is 58.3 Å². The number of piperazine rings is 1. The maximum Gasteiger partial charge on any atom is 0.416 e. The molecular weight excluding hydrogens is 452 g/mol. The van der Waals surface area contributed by atoms with Crippen molar-refractivity contribution in [3.8, 4) is 11.5 Å². The van der Waals surface area contributed by atoms with Crippen molar-refractivity contribution < 1.29 is 19.1 Å². The zero-order valence-corrected chi connectivity index (χ0v) is 19.6. The van der Waals surface area contributed by atoms with Gasteiger partial charge in [-0.25, -0.2) is 9.59 Å². The van der Waals surface area contributed by atoms with E-state index in [9.17, 15) is 9.59 Å². The summed E-state index contributed by atoms with van der Waals surface area (Å²) in [5.74, 6) is 1.16. The fraction of sp³-hybridized carbons (Fsp3) is 0.267. The van der Waals surface area contributed by atoms with Gasteiger partial charge in [-0.05, 0) is 46.5 Å². The van der Waals surface area contributed by atoms with E-state index >= 15 is 0 Å². The van der Waals surface area contributed by atoms with Crippen molar-refractivity contribution in [3.63, 3.8) is 0 Å². The molecule has 0 aromatic heterocycles. The summed E-state index contributed by atoms with van der Waals surface area (Å²) in [5.41, 5.74) is 1.95. The summed E-state index contributed by atoms with van der Waals surface area (Å²) in [7, 11) is 0. The van der Waals surface area contributed by atoms with Crippen molar-refractivity contribution in [2.45, 2.75) is 49.9 Å². The summed E-state index contributed by atoms with van der Waals surface area (Å²) in [6, 6.07) is 23.3. The van der Waals surface area contributed by atoms with Gasteiger partial charge in [-0.2, -0.15) is 0 Å². The first-order chi connectivity index (χ1) is 17.7. The number of ether oxygens (including phenoxy) is 2. The van der Waals surface area contributed by atoms with E-state index in [1.165, 1.54) is 0 Å². The van der Waals surface area contributed by atoms with Crippen LogP contribution in [0.15, 0.2) is 72.8 Å². The van der Waals surface area contributed by atoms with E-state index in [0.29, 0.717) is 11.5 Å². The molecule has 2 fully saturated rings. The van der Waals surface area contributed by atoms with Crippen LogP contribution in [-0.4, -0.2) is 34.1 Å². The first kappa shape index (κ1) is 20.2. The molecule has 178 valence electrons. The number of nitrogens with zero attached hydrogens (tertiary/aromatic N) is 2. The van der Waals surface area contributed by atoms with Crippen LogP contribution in [0.2, 0.25) is 0 Å². The lowest BCUT2D eigenvalue weighted by molar-refractivity contribution is -0.0662. The Labute approximate surface area is 208 Å². The number of carbonyl (C=O) groups excluding carboxylic acids is 2. The largest absolute Gasteiger partial charge is 0.416 e. The van der Waals surface area contributed by atoms with E-state index in [4.69, 9.17) is 9.47 Å². The van der Waals surface area contributed by atoms with Gasteiger partial charge in [-0.3, -0.25) is 9.80 Å². The van der Waals surface area contributed by atoms with Crippen LogP contribution < -0.4 is 9.47 Å². The summed E-state index contributed by atoms with van der Waals surface area (Å²) in [6.45, 7) is 0. The van der Waals surface area contributed by atoms with Crippen molar-refractivity contribution in [1.29, 1.82) is 0 Å². The standard InChI is InChI=1S/C30H24N2O4/c33-29-31-21-11-5-6-12-22(21)32-28(26-20-10-4-2-8-18(20)14-16-24(26)36-30(32)34)27(31)25-19-9-3-1-7-17(19)13-15-23(25)35-29/h1-4,7-10,13-16,21-22,27-28H,5-6,11-12H2/t21-,22-,27-,28+/m0/s1. The lowest BCUT2D eigenvalue weighted by atomic mass is 9.76. The number of hydrogen-bond acceptors (Lipinski definition) is 4. The number of amides is 2. The molecule has 4 atom stereocenters. The van der Waals surface area contributed by atoms with E-state index in [2.05, 4.69) is 24.3 Å². The summed E-state index contributed by atoms with van der Waals surface area (Å²) >= 11 is 0. The Hall–Kier alpha value is -4.06. The van der Waals surface area contributed by atoms with Gasteiger partial charge in [0.25, 0.3) is 0 Å². The second-order valence-electron chi connectivity index (χ2n) is 10.3. The molecule has 1 saturated heterocycles.